The predicted molar refractivity (Wildman–Crippen MR) is 121 cm³/mol. The second-order valence-electron chi connectivity index (χ2n) is 7.27. The monoisotopic (exact) mass is 461 g/mol. The van der Waals surface area contributed by atoms with Crippen LogP contribution in [0, 0.1) is 12.1 Å². The van der Waals surface area contributed by atoms with Gasteiger partial charge in [-0.1, -0.05) is 94.8 Å². The lowest BCUT2D eigenvalue weighted by molar-refractivity contribution is -0.736. The molecule has 0 amide bonds. The summed E-state index contributed by atoms with van der Waals surface area (Å²) in [6.45, 7) is 6.15. The first-order valence-corrected chi connectivity index (χ1v) is 10.4. The van der Waals surface area contributed by atoms with Gasteiger partial charge in [0.1, 0.15) is 12.0 Å². The summed E-state index contributed by atoms with van der Waals surface area (Å²) in [5, 5.41) is 12.9. The van der Waals surface area contributed by atoms with Crippen molar-refractivity contribution in [2.75, 3.05) is 0 Å². The maximum atomic E-state index is 13.3. The van der Waals surface area contributed by atoms with Gasteiger partial charge >= 0.3 is 0 Å². The van der Waals surface area contributed by atoms with Gasteiger partial charge in [-0.2, -0.15) is 0 Å². The zero-order valence-electron chi connectivity index (χ0n) is 16.4. The smallest absolute Gasteiger partial charge is 0.261 e. The molecular weight excluding hydrogens is 442 g/mol. The van der Waals surface area contributed by atoms with Crippen molar-refractivity contribution in [1.82, 2.24) is 0 Å². The summed E-state index contributed by atoms with van der Waals surface area (Å²) in [6, 6.07) is 24.3. The van der Waals surface area contributed by atoms with Crippen molar-refractivity contribution < 1.29 is 14.5 Å². The Morgan fingerprint density at radius 2 is 1.60 bits per heavy atom. The van der Waals surface area contributed by atoms with Gasteiger partial charge in [0.25, 0.3) is 5.71 Å². The standard InChI is InChI=1S/C25H20BrNO3/c1-16-8-10-19(11-9-16)22-23(17(2)18-6-4-3-5-7-18)27(29)30-25(22)24(28)20-12-14-21(26)15-13-20/h3-15,22,25H,2H2,1H3/t22-,25-/m1/s1. The summed E-state index contributed by atoms with van der Waals surface area (Å²) in [5.74, 6) is -0.809. The molecule has 0 fully saturated rings. The van der Waals surface area contributed by atoms with Crippen LogP contribution in [-0.4, -0.2) is 22.5 Å². The minimum Gasteiger partial charge on any atom is -0.390 e. The van der Waals surface area contributed by atoms with Gasteiger partial charge in [-0.05, 0) is 30.2 Å². The lowest BCUT2D eigenvalue weighted by Gasteiger charge is -2.19. The third-order valence-electron chi connectivity index (χ3n) is 5.26. The lowest BCUT2D eigenvalue weighted by atomic mass is 9.81. The van der Waals surface area contributed by atoms with Crippen LogP contribution < -0.4 is 0 Å². The summed E-state index contributed by atoms with van der Waals surface area (Å²) >= 11 is 3.38. The number of carbonyl (C=O) groups excluding carboxylic acids is 1. The molecule has 0 spiro atoms. The zero-order valence-corrected chi connectivity index (χ0v) is 18.0. The van der Waals surface area contributed by atoms with Gasteiger partial charge in [0.05, 0.1) is 0 Å². The molecule has 150 valence electrons. The normalized spacial score (nSPS) is 18.2. The van der Waals surface area contributed by atoms with Gasteiger partial charge < -0.3 is 4.84 Å². The first kappa shape index (κ1) is 20.1. The Bertz CT molecular complexity index is 1120. The van der Waals surface area contributed by atoms with E-state index in [9.17, 15) is 10.0 Å². The van der Waals surface area contributed by atoms with E-state index in [0.29, 0.717) is 21.8 Å². The second-order valence-corrected chi connectivity index (χ2v) is 8.19. The number of hydrogen-bond donors (Lipinski definition) is 0. The molecule has 3 aromatic carbocycles. The highest BCUT2D eigenvalue weighted by Crippen LogP contribution is 2.36. The number of hydrogen-bond acceptors (Lipinski definition) is 3. The van der Waals surface area contributed by atoms with Crippen molar-refractivity contribution in [3.05, 3.63) is 117 Å². The molecule has 0 unspecified atom stereocenters. The number of aryl methyl sites for hydroxylation is 1. The molecule has 4 rings (SSSR count). The fourth-order valence-electron chi connectivity index (χ4n) is 3.65. The van der Waals surface area contributed by atoms with E-state index < -0.39 is 12.0 Å². The van der Waals surface area contributed by atoms with E-state index in [2.05, 4.69) is 22.5 Å². The molecule has 0 radical (unpaired) electrons. The predicted octanol–water partition coefficient (Wildman–Crippen LogP) is 5.70. The number of ketones is 1. The molecular formula is C25H20BrNO3. The maximum absolute atomic E-state index is 13.3. The van der Waals surface area contributed by atoms with Crippen molar-refractivity contribution in [2.45, 2.75) is 18.9 Å². The molecule has 4 nitrogen and oxygen atoms in total. The first-order valence-electron chi connectivity index (χ1n) is 9.57. The second kappa shape index (κ2) is 8.28. The minimum absolute atomic E-state index is 0.246. The summed E-state index contributed by atoms with van der Waals surface area (Å²) in [7, 11) is 0. The molecule has 2 atom stereocenters. The number of carbonyl (C=O) groups is 1. The van der Waals surface area contributed by atoms with Crippen molar-refractivity contribution >= 4 is 33.0 Å². The fraction of sp³-hybridized carbons (Fsp3) is 0.120. The summed E-state index contributed by atoms with van der Waals surface area (Å²) < 4.78 is 0.872. The molecule has 0 saturated heterocycles. The highest BCUT2D eigenvalue weighted by atomic mass is 79.9. The number of Topliss-reactive ketones (excluding diaryl/α,β-unsaturated/α-hetero) is 1. The van der Waals surface area contributed by atoms with Crippen LogP contribution in [0.1, 0.15) is 33.0 Å². The number of rotatable bonds is 5. The van der Waals surface area contributed by atoms with Crippen LogP contribution >= 0.6 is 15.9 Å². The van der Waals surface area contributed by atoms with Crippen molar-refractivity contribution in [3.8, 4) is 0 Å². The lowest BCUT2D eigenvalue weighted by Crippen LogP contribution is -2.30. The van der Waals surface area contributed by atoms with Gasteiger partial charge in [0.15, 0.2) is 5.78 Å². The van der Waals surface area contributed by atoms with Crippen LogP contribution in [0.4, 0.5) is 0 Å². The highest BCUT2D eigenvalue weighted by molar-refractivity contribution is 9.10. The van der Waals surface area contributed by atoms with E-state index in [0.717, 1.165) is 21.2 Å². The topological polar surface area (TPSA) is 52.4 Å². The molecule has 0 aliphatic carbocycles. The third kappa shape index (κ3) is 3.81. The van der Waals surface area contributed by atoms with E-state index in [-0.39, 0.29) is 5.78 Å². The largest absolute Gasteiger partial charge is 0.390 e. The Hall–Kier alpha value is -3.18. The average Bonchev–Trinajstić information content (AvgIpc) is 3.11. The Morgan fingerprint density at radius 1 is 0.967 bits per heavy atom. The Kier molecular flexibility index (Phi) is 5.55. The summed E-state index contributed by atoms with van der Waals surface area (Å²) in [4.78, 5) is 19.3. The molecule has 3 aromatic rings. The molecule has 30 heavy (non-hydrogen) atoms. The van der Waals surface area contributed by atoms with E-state index in [1.165, 1.54) is 0 Å². The minimum atomic E-state index is -0.971. The van der Waals surface area contributed by atoms with E-state index >= 15 is 0 Å². The molecule has 0 saturated carbocycles. The van der Waals surface area contributed by atoms with Crippen LogP contribution in [0.3, 0.4) is 0 Å². The third-order valence-corrected chi connectivity index (χ3v) is 5.79. The van der Waals surface area contributed by atoms with Crippen LogP contribution in [0.5, 0.6) is 0 Å². The SMILES string of the molecule is C=C(C1=[N+]([O-])O[C@@H](C(=O)c2ccc(Br)cc2)[C@@H]1c1ccc(C)cc1)c1ccccc1. The van der Waals surface area contributed by atoms with E-state index in [1.54, 1.807) is 24.3 Å². The summed E-state index contributed by atoms with van der Waals surface area (Å²) in [5.41, 5.74) is 4.12. The Morgan fingerprint density at radius 3 is 2.23 bits per heavy atom. The molecule has 0 N–H and O–H groups in total. The number of nitrogens with zero attached hydrogens (tertiary/aromatic N) is 1. The van der Waals surface area contributed by atoms with Gasteiger partial charge in [0, 0.05) is 20.5 Å². The molecule has 1 aliphatic rings. The first-order chi connectivity index (χ1) is 14.5. The molecule has 1 heterocycles. The van der Waals surface area contributed by atoms with Gasteiger partial charge in [-0.3, -0.25) is 10.0 Å². The van der Waals surface area contributed by atoms with Crippen molar-refractivity contribution in [1.29, 1.82) is 0 Å². The quantitative estimate of drug-likeness (QED) is 0.361. The number of benzene rings is 3. The molecule has 5 heteroatoms. The van der Waals surface area contributed by atoms with Gasteiger partial charge in [-0.15, -0.1) is 0 Å². The van der Waals surface area contributed by atoms with Crippen molar-refractivity contribution in [2.24, 2.45) is 0 Å². The fourth-order valence-corrected chi connectivity index (χ4v) is 3.91. The molecule has 1 aliphatic heterocycles. The van der Waals surface area contributed by atoms with Gasteiger partial charge in [-0.25, -0.2) is 0 Å². The van der Waals surface area contributed by atoms with Crippen LogP contribution in [-0.2, 0) is 4.84 Å². The maximum Gasteiger partial charge on any atom is 0.261 e. The van der Waals surface area contributed by atoms with Crippen LogP contribution in [0.25, 0.3) is 5.57 Å². The zero-order chi connectivity index (χ0) is 21.3. The number of halogens is 1. The van der Waals surface area contributed by atoms with E-state index in [4.69, 9.17) is 4.84 Å². The number of allylic oxidation sites excluding steroid dienone is 1. The Balaban J connectivity index is 1.78. The van der Waals surface area contributed by atoms with Crippen molar-refractivity contribution in [3.63, 3.8) is 0 Å². The Labute approximate surface area is 183 Å². The average molecular weight is 462 g/mol. The van der Waals surface area contributed by atoms with E-state index in [1.807, 2.05) is 61.5 Å². The van der Waals surface area contributed by atoms with Crippen LogP contribution in [0.2, 0.25) is 0 Å². The molecule has 0 bridgehead atoms. The van der Waals surface area contributed by atoms with Gasteiger partial charge in [0.2, 0.25) is 0 Å². The molecule has 0 aromatic heterocycles. The summed E-state index contributed by atoms with van der Waals surface area (Å²) in [6.07, 6.45) is -0.971. The highest BCUT2D eigenvalue weighted by Gasteiger charge is 2.46. The van der Waals surface area contributed by atoms with Crippen LogP contribution in [0.15, 0.2) is 89.9 Å².